The summed E-state index contributed by atoms with van der Waals surface area (Å²) in [4.78, 5) is 17.2. The van der Waals surface area contributed by atoms with Gasteiger partial charge in [-0.1, -0.05) is 31.2 Å². The van der Waals surface area contributed by atoms with Crippen molar-refractivity contribution >= 4 is 5.91 Å². The summed E-state index contributed by atoms with van der Waals surface area (Å²) >= 11 is 0. The van der Waals surface area contributed by atoms with Gasteiger partial charge in [0.05, 0.1) is 6.10 Å². The van der Waals surface area contributed by atoms with Crippen LogP contribution in [0.5, 0.6) is 0 Å². The van der Waals surface area contributed by atoms with Crippen molar-refractivity contribution < 1.29 is 9.53 Å². The molecule has 2 heterocycles. The molecule has 148 valence electrons. The monoisotopic (exact) mass is 370 g/mol. The molecule has 0 aromatic heterocycles. The molecule has 27 heavy (non-hydrogen) atoms. The lowest BCUT2D eigenvalue weighted by molar-refractivity contribution is -0.133. The van der Waals surface area contributed by atoms with Crippen molar-refractivity contribution in [2.75, 3.05) is 32.8 Å². The topological polar surface area (TPSA) is 32.8 Å². The lowest BCUT2D eigenvalue weighted by Crippen LogP contribution is -2.46. The van der Waals surface area contributed by atoms with Crippen molar-refractivity contribution in [2.45, 2.75) is 64.0 Å². The fourth-order valence-electron chi connectivity index (χ4n) is 5.14. The molecular formula is C23H34N2O2. The Kier molecular flexibility index (Phi) is 6.14. The molecule has 0 N–H and O–H groups in total. The molecule has 0 saturated carbocycles. The fourth-order valence-corrected chi connectivity index (χ4v) is 5.14. The molecule has 0 radical (unpaired) electrons. The maximum Gasteiger partial charge on any atom is 0.222 e. The molecule has 1 aromatic rings. The number of hydrogen-bond donors (Lipinski definition) is 0. The molecule has 2 fully saturated rings. The van der Waals surface area contributed by atoms with Crippen molar-refractivity contribution in [1.82, 2.24) is 9.80 Å². The van der Waals surface area contributed by atoms with E-state index >= 15 is 0 Å². The van der Waals surface area contributed by atoms with Gasteiger partial charge in [0.25, 0.3) is 0 Å². The van der Waals surface area contributed by atoms with Crippen LogP contribution in [0.2, 0.25) is 0 Å². The Morgan fingerprint density at radius 1 is 1.11 bits per heavy atom. The maximum atomic E-state index is 12.4. The van der Waals surface area contributed by atoms with Gasteiger partial charge in [0, 0.05) is 32.2 Å². The van der Waals surface area contributed by atoms with Crippen LogP contribution >= 0.6 is 0 Å². The number of amides is 1. The third-order valence-electron chi connectivity index (χ3n) is 6.78. The van der Waals surface area contributed by atoms with E-state index < -0.39 is 0 Å². The van der Waals surface area contributed by atoms with E-state index in [9.17, 15) is 4.79 Å². The highest BCUT2D eigenvalue weighted by atomic mass is 16.5. The van der Waals surface area contributed by atoms with Gasteiger partial charge in [0.2, 0.25) is 5.91 Å². The van der Waals surface area contributed by atoms with Crippen LogP contribution < -0.4 is 0 Å². The van der Waals surface area contributed by atoms with Gasteiger partial charge in [-0.2, -0.15) is 0 Å². The van der Waals surface area contributed by atoms with E-state index in [1.54, 1.807) is 11.1 Å². The van der Waals surface area contributed by atoms with Gasteiger partial charge in [-0.3, -0.25) is 9.69 Å². The molecule has 0 unspecified atom stereocenters. The number of nitrogens with zero attached hydrogens (tertiary/aromatic N) is 2. The zero-order chi connectivity index (χ0) is 18.6. The minimum Gasteiger partial charge on any atom is -0.376 e. The van der Waals surface area contributed by atoms with Gasteiger partial charge in [0.1, 0.15) is 0 Å². The molecule has 1 amide bonds. The molecule has 1 aromatic carbocycles. The molecule has 2 saturated heterocycles. The summed E-state index contributed by atoms with van der Waals surface area (Å²) in [7, 11) is 0. The number of hydrogen-bond acceptors (Lipinski definition) is 3. The van der Waals surface area contributed by atoms with Crippen LogP contribution in [0, 0.1) is 5.92 Å². The van der Waals surface area contributed by atoms with E-state index in [-0.39, 0.29) is 6.10 Å². The molecular weight excluding hydrogens is 336 g/mol. The van der Waals surface area contributed by atoms with Crippen LogP contribution in [0.15, 0.2) is 24.3 Å². The Bertz CT molecular complexity index is 608. The molecule has 3 aliphatic rings. The predicted octanol–water partition coefficient (Wildman–Crippen LogP) is 3.28. The van der Waals surface area contributed by atoms with Crippen molar-refractivity contribution in [2.24, 2.45) is 5.92 Å². The van der Waals surface area contributed by atoms with Crippen LogP contribution in [0.25, 0.3) is 0 Å². The van der Waals surface area contributed by atoms with Crippen molar-refractivity contribution in [1.29, 1.82) is 0 Å². The second-order valence-electron chi connectivity index (χ2n) is 8.60. The first-order chi connectivity index (χ1) is 13.2. The van der Waals surface area contributed by atoms with E-state index in [1.807, 2.05) is 6.92 Å². The van der Waals surface area contributed by atoms with Gasteiger partial charge in [0.15, 0.2) is 0 Å². The minimum absolute atomic E-state index is 0.262. The molecule has 1 aliphatic carbocycles. The molecule has 0 spiro atoms. The van der Waals surface area contributed by atoms with Crippen LogP contribution in [0.4, 0.5) is 0 Å². The quantitative estimate of drug-likeness (QED) is 0.770. The van der Waals surface area contributed by atoms with Crippen molar-refractivity contribution in [3.63, 3.8) is 0 Å². The Balaban J connectivity index is 1.27. The highest BCUT2D eigenvalue weighted by Gasteiger charge is 2.31. The van der Waals surface area contributed by atoms with Gasteiger partial charge < -0.3 is 9.64 Å². The summed E-state index contributed by atoms with van der Waals surface area (Å²) in [5.74, 6) is 0.932. The number of benzene rings is 1. The van der Waals surface area contributed by atoms with Crippen LogP contribution in [-0.2, 0) is 22.4 Å². The Labute approximate surface area is 163 Å². The average molecular weight is 371 g/mol. The van der Waals surface area contributed by atoms with Gasteiger partial charge in [-0.25, -0.2) is 0 Å². The number of likely N-dealkylation sites (tertiary alicyclic amines) is 1. The van der Waals surface area contributed by atoms with Gasteiger partial charge in [-0.05, 0) is 68.7 Å². The molecule has 4 nitrogen and oxygen atoms in total. The van der Waals surface area contributed by atoms with E-state index in [2.05, 4.69) is 34.1 Å². The zero-order valence-corrected chi connectivity index (χ0v) is 16.7. The summed E-state index contributed by atoms with van der Waals surface area (Å²) in [6.45, 7) is 6.91. The first kappa shape index (κ1) is 18.9. The molecule has 0 bridgehead atoms. The number of carbonyl (C=O) groups excluding carboxylic acids is 1. The summed E-state index contributed by atoms with van der Waals surface area (Å²) in [6.07, 6.45) is 7.96. The summed E-state index contributed by atoms with van der Waals surface area (Å²) < 4.78 is 5.78. The summed E-state index contributed by atoms with van der Waals surface area (Å²) in [5.41, 5.74) is 3.09. The van der Waals surface area contributed by atoms with E-state index in [0.717, 1.165) is 32.5 Å². The first-order valence-electron chi connectivity index (χ1n) is 10.9. The number of ether oxygens (including phenoxy) is 1. The normalized spacial score (nSPS) is 24.3. The standard InChI is InChI=1S/C23H34N2O2/c1-2-23(26)25(17-22-8-5-13-27-22)16-18-9-11-24(12-10-18)21-14-19-6-3-4-7-20(19)15-21/h3-4,6-7,18,21-22H,2,5,8-17H2,1H3/t22-/m0/s1. The lowest BCUT2D eigenvalue weighted by atomic mass is 9.94. The Morgan fingerprint density at radius 3 is 2.41 bits per heavy atom. The largest absolute Gasteiger partial charge is 0.376 e. The van der Waals surface area contributed by atoms with Crippen molar-refractivity contribution in [3.05, 3.63) is 35.4 Å². The summed E-state index contributed by atoms with van der Waals surface area (Å²) in [6, 6.07) is 9.61. The first-order valence-corrected chi connectivity index (χ1v) is 10.9. The summed E-state index contributed by atoms with van der Waals surface area (Å²) in [5, 5.41) is 0. The Hall–Kier alpha value is -1.39. The fraction of sp³-hybridized carbons (Fsp3) is 0.696. The van der Waals surface area contributed by atoms with Crippen LogP contribution in [0.3, 0.4) is 0 Å². The smallest absolute Gasteiger partial charge is 0.222 e. The highest BCUT2D eigenvalue weighted by molar-refractivity contribution is 5.75. The third-order valence-corrected chi connectivity index (χ3v) is 6.78. The van der Waals surface area contributed by atoms with E-state index in [1.165, 1.54) is 38.8 Å². The highest BCUT2D eigenvalue weighted by Crippen LogP contribution is 2.29. The third kappa shape index (κ3) is 4.55. The second-order valence-corrected chi connectivity index (χ2v) is 8.60. The van der Waals surface area contributed by atoms with Crippen molar-refractivity contribution in [3.8, 4) is 0 Å². The zero-order valence-electron chi connectivity index (χ0n) is 16.7. The predicted molar refractivity (Wildman–Crippen MR) is 108 cm³/mol. The number of fused-ring (bicyclic) bond motifs is 1. The van der Waals surface area contributed by atoms with Gasteiger partial charge >= 0.3 is 0 Å². The second kappa shape index (κ2) is 8.74. The Morgan fingerprint density at radius 2 is 1.81 bits per heavy atom. The maximum absolute atomic E-state index is 12.4. The lowest BCUT2D eigenvalue weighted by Gasteiger charge is -2.38. The minimum atomic E-state index is 0.262. The number of rotatable bonds is 6. The number of carbonyl (C=O) groups is 1. The van der Waals surface area contributed by atoms with E-state index in [0.29, 0.717) is 24.3 Å². The number of piperidine rings is 1. The van der Waals surface area contributed by atoms with Gasteiger partial charge in [-0.15, -0.1) is 0 Å². The molecule has 2 aliphatic heterocycles. The van der Waals surface area contributed by atoms with Crippen LogP contribution in [0.1, 0.15) is 50.2 Å². The molecule has 4 rings (SSSR count). The molecule has 4 heteroatoms. The SMILES string of the molecule is CCC(=O)N(CC1CCN(C2Cc3ccccc3C2)CC1)C[C@@H]1CCCO1. The van der Waals surface area contributed by atoms with Crippen LogP contribution in [-0.4, -0.2) is 60.6 Å². The molecule has 1 atom stereocenters. The average Bonchev–Trinajstić information content (AvgIpc) is 3.37. The van der Waals surface area contributed by atoms with E-state index in [4.69, 9.17) is 4.74 Å².